The Bertz CT molecular complexity index is 1120. The fourth-order valence-electron chi connectivity index (χ4n) is 4.06. The van der Waals surface area contributed by atoms with E-state index in [0.29, 0.717) is 24.4 Å². The van der Waals surface area contributed by atoms with Crippen LogP contribution in [0.5, 0.6) is 0 Å². The average molecular weight is 419 g/mol. The number of ether oxygens (including phenoxy) is 1. The maximum absolute atomic E-state index is 13.6. The lowest BCUT2D eigenvalue weighted by Crippen LogP contribution is -2.41. The van der Waals surface area contributed by atoms with Gasteiger partial charge >= 0.3 is 0 Å². The minimum Gasteiger partial charge on any atom is -0.440 e. The minimum absolute atomic E-state index is 0.0542. The van der Waals surface area contributed by atoms with E-state index in [1.54, 1.807) is 24.3 Å². The number of allylic oxidation sites excluding steroid dienone is 1. The standard InChI is InChI=1S/C25H23F2N3O/c1-15(2)30-13-18(11-16-3-7-19(26)8-4-16)24-22(14-30)23(21(12-28)25(29)31-24)17-5-9-20(27)10-6-17/h3-11,15,23H,13-14,29H2,1-2H3/b18-11-/t23-/m0/s1. The highest BCUT2D eigenvalue weighted by Crippen LogP contribution is 2.44. The highest BCUT2D eigenvalue weighted by Gasteiger charge is 2.38. The van der Waals surface area contributed by atoms with Crippen molar-refractivity contribution in [3.05, 3.63) is 99.7 Å². The molecule has 0 saturated heterocycles. The molecule has 31 heavy (non-hydrogen) atoms. The van der Waals surface area contributed by atoms with E-state index < -0.39 is 5.92 Å². The van der Waals surface area contributed by atoms with Crippen LogP contribution in [0, 0.1) is 23.0 Å². The number of nitrogens with zero attached hydrogens (tertiary/aromatic N) is 2. The molecular formula is C25H23F2N3O. The zero-order valence-corrected chi connectivity index (χ0v) is 17.4. The Hall–Kier alpha value is -3.43. The molecule has 0 amide bonds. The first-order chi connectivity index (χ1) is 14.9. The summed E-state index contributed by atoms with van der Waals surface area (Å²) >= 11 is 0. The second kappa shape index (κ2) is 8.37. The summed E-state index contributed by atoms with van der Waals surface area (Å²) in [6.45, 7) is 5.42. The molecule has 0 bridgehead atoms. The van der Waals surface area contributed by atoms with Crippen LogP contribution in [-0.2, 0) is 4.74 Å². The zero-order chi connectivity index (χ0) is 22.1. The number of nitriles is 1. The van der Waals surface area contributed by atoms with E-state index in [0.717, 1.165) is 22.3 Å². The lowest BCUT2D eigenvalue weighted by atomic mass is 9.80. The van der Waals surface area contributed by atoms with E-state index in [1.165, 1.54) is 24.3 Å². The smallest absolute Gasteiger partial charge is 0.205 e. The van der Waals surface area contributed by atoms with Gasteiger partial charge in [0.15, 0.2) is 0 Å². The summed E-state index contributed by atoms with van der Waals surface area (Å²) in [5.41, 5.74) is 9.90. The Morgan fingerprint density at radius 1 is 1.06 bits per heavy atom. The SMILES string of the molecule is CC(C)N1CC2=C(OC(N)=C(C#N)[C@@H]2c2ccc(F)cc2)/C(=C\c2ccc(F)cc2)C1. The van der Waals surface area contributed by atoms with Crippen molar-refractivity contribution < 1.29 is 13.5 Å². The van der Waals surface area contributed by atoms with E-state index in [9.17, 15) is 14.0 Å². The molecule has 0 radical (unpaired) electrons. The van der Waals surface area contributed by atoms with Gasteiger partial charge in [-0.2, -0.15) is 5.26 Å². The monoisotopic (exact) mass is 419 g/mol. The number of hydrogen-bond acceptors (Lipinski definition) is 4. The number of rotatable bonds is 3. The van der Waals surface area contributed by atoms with E-state index in [1.807, 2.05) is 6.08 Å². The van der Waals surface area contributed by atoms with E-state index >= 15 is 0 Å². The van der Waals surface area contributed by atoms with Crippen LogP contribution in [0.2, 0.25) is 0 Å². The first-order valence-corrected chi connectivity index (χ1v) is 10.1. The van der Waals surface area contributed by atoms with E-state index in [4.69, 9.17) is 10.5 Å². The van der Waals surface area contributed by atoms with Crippen molar-refractivity contribution >= 4 is 6.08 Å². The highest BCUT2D eigenvalue weighted by atomic mass is 19.1. The van der Waals surface area contributed by atoms with Crippen LogP contribution in [0.3, 0.4) is 0 Å². The Morgan fingerprint density at radius 2 is 1.68 bits per heavy atom. The fourth-order valence-corrected chi connectivity index (χ4v) is 4.06. The molecule has 0 aliphatic carbocycles. The molecule has 4 nitrogen and oxygen atoms in total. The summed E-state index contributed by atoms with van der Waals surface area (Å²) in [7, 11) is 0. The second-order valence-corrected chi connectivity index (χ2v) is 8.05. The van der Waals surface area contributed by atoms with Crippen molar-refractivity contribution in [2.75, 3.05) is 13.1 Å². The van der Waals surface area contributed by atoms with Crippen molar-refractivity contribution in [3.63, 3.8) is 0 Å². The Labute approximate surface area is 180 Å². The molecule has 2 heterocycles. The quantitative estimate of drug-likeness (QED) is 0.774. The lowest BCUT2D eigenvalue weighted by Gasteiger charge is -2.39. The molecule has 2 aliphatic heterocycles. The minimum atomic E-state index is -0.424. The van der Waals surface area contributed by atoms with Crippen molar-refractivity contribution in [2.45, 2.75) is 25.8 Å². The Kier molecular flexibility index (Phi) is 5.62. The summed E-state index contributed by atoms with van der Waals surface area (Å²) in [5.74, 6) is -0.381. The number of nitrogens with two attached hydrogens (primary N) is 1. The maximum atomic E-state index is 13.6. The molecular weight excluding hydrogens is 396 g/mol. The molecule has 0 saturated carbocycles. The highest BCUT2D eigenvalue weighted by molar-refractivity contribution is 5.63. The summed E-state index contributed by atoms with van der Waals surface area (Å²) in [4.78, 5) is 2.27. The second-order valence-electron chi connectivity index (χ2n) is 8.05. The van der Waals surface area contributed by atoms with Gasteiger partial charge in [-0.05, 0) is 60.9 Å². The molecule has 0 spiro atoms. The number of halogens is 2. The van der Waals surface area contributed by atoms with Gasteiger partial charge in [-0.15, -0.1) is 0 Å². The molecule has 2 aromatic carbocycles. The molecule has 2 N–H and O–H groups in total. The normalized spacial score (nSPS) is 20.6. The van der Waals surface area contributed by atoms with Gasteiger partial charge < -0.3 is 10.5 Å². The fraction of sp³-hybridized carbons (Fsp3) is 0.240. The summed E-state index contributed by atoms with van der Waals surface area (Å²) in [6, 6.07) is 14.8. The molecule has 0 aromatic heterocycles. The largest absolute Gasteiger partial charge is 0.440 e. The van der Waals surface area contributed by atoms with E-state index in [-0.39, 0.29) is 23.6 Å². The number of hydrogen-bond donors (Lipinski definition) is 1. The lowest BCUT2D eigenvalue weighted by molar-refractivity contribution is 0.208. The average Bonchev–Trinajstić information content (AvgIpc) is 2.75. The van der Waals surface area contributed by atoms with E-state index in [2.05, 4.69) is 24.8 Å². The summed E-state index contributed by atoms with van der Waals surface area (Å²) < 4.78 is 32.9. The summed E-state index contributed by atoms with van der Waals surface area (Å²) in [6.07, 6.45) is 1.95. The topological polar surface area (TPSA) is 62.3 Å². The first kappa shape index (κ1) is 20.8. The molecule has 2 aromatic rings. The van der Waals surface area contributed by atoms with Gasteiger partial charge in [0.2, 0.25) is 5.88 Å². The van der Waals surface area contributed by atoms with Gasteiger partial charge in [0.1, 0.15) is 29.0 Å². The Morgan fingerprint density at radius 3 is 2.26 bits per heavy atom. The predicted octanol–water partition coefficient (Wildman–Crippen LogP) is 4.83. The van der Waals surface area contributed by atoms with Crippen molar-refractivity contribution in [1.29, 1.82) is 5.26 Å². The maximum Gasteiger partial charge on any atom is 0.205 e. The van der Waals surface area contributed by atoms with Crippen molar-refractivity contribution in [1.82, 2.24) is 4.90 Å². The number of benzene rings is 2. The summed E-state index contributed by atoms with van der Waals surface area (Å²) in [5, 5.41) is 9.81. The van der Waals surface area contributed by atoms with Crippen LogP contribution in [-0.4, -0.2) is 24.0 Å². The van der Waals surface area contributed by atoms with Gasteiger partial charge in [-0.1, -0.05) is 24.3 Å². The molecule has 0 unspecified atom stereocenters. The van der Waals surface area contributed by atoms with Gasteiger partial charge in [0.25, 0.3) is 0 Å². The van der Waals surface area contributed by atoms with Gasteiger partial charge in [-0.3, -0.25) is 4.90 Å². The van der Waals surface area contributed by atoms with Crippen LogP contribution in [0.25, 0.3) is 6.08 Å². The van der Waals surface area contributed by atoms with Crippen LogP contribution in [0.4, 0.5) is 8.78 Å². The third-order valence-corrected chi connectivity index (χ3v) is 5.71. The molecule has 4 rings (SSSR count). The van der Waals surface area contributed by atoms with Crippen LogP contribution in [0.1, 0.15) is 30.9 Å². The molecule has 1 atom stereocenters. The van der Waals surface area contributed by atoms with Crippen LogP contribution in [0.15, 0.2) is 76.9 Å². The van der Waals surface area contributed by atoms with Crippen LogP contribution < -0.4 is 5.73 Å². The third-order valence-electron chi connectivity index (χ3n) is 5.71. The molecule has 6 heteroatoms. The van der Waals surface area contributed by atoms with Gasteiger partial charge in [0, 0.05) is 24.7 Å². The molecule has 2 aliphatic rings. The third kappa shape index (κ3) is 4.10. The van der Waals surface area contributed by atoms with Crippen LogP contribution >= 0.6 is 0 Å². The Balaban J connectivity index is 1.88. The zero-order valence-electron chi connectivity index (χ0n) is 17.4. The predicted molar refractivity (Wildman–Crippen MR) is 115 cm³/mol. The van der Waals surface area contributed by atoms with Crippen molar-refractivity contribution in [2.24, 2.45) is 5.73 Å². The molecule has 0 fully saturated rings. The van der Waals surface area contributed by atoms with Gasteiger partial charge in [-0.25, -0.2) is 8.78 Å². The van der Waals surface area contributed by atoms with Gasteiger partial charge in [0.05, 0.1) is 5.92 Å². The van der Waals surface area contributed by atoms with Crippen molar-refractivity contribution in [3.8, 4) is 6.07 Å². The molecule has 158 valence electrons. The first-order valence-electron chi connectivity index (χ1n) is 10.1.